The van der Waals surface area contributed by atoms with Crippen LogP contribution < -0.4 is 5.43 Å². The Morgan fingerprint density at radius 3 is 2.43 bits per heavy atom. The number of imide groups is 1. The van der Waals surface area contributed by atoms with Crippen LogP contribution >= 0.6 is 0 Å². The third kappa shape index (κ3) is 1.65. The number of fused-ring (bicyclic) bond motifs is 5. The molecule has 1 N–H and O–H groups in total. The van der Waals surface area contributed by atoms with Crippen molar-refractivity contribution in [2.75, 3.05) is 0 Å². The van der Waals surface area contributed by atoms with Crippen LogP contribution in [0.15, 0.2) is 36.7 Å². The molecule has 3 amide bonds. The van der Waals surface area contributed by atoms with E-state index in [1.54, 1.807) is 18.3 Å². The lowest BCUT2D eigenvalue weighted by molar-refractivity contribution is -0.143. The van der Waals surface area contributed by atoms with Crippen LogP contribution in [-0.4, -0.2) is 27.7 Å². The summed E-state index contributed by atoms with van der Waals surface area (Å²) in [5.41, 5.74) is 2.74. The highest BCUT2D eigenvalue weighted by molar-refractivity contribution is 6.08. The number of hydrazine groups is 1. The Kier molecular flexibility index (Phi) is 2.48. The fraction of sp³-hybridized carbons (Fsp3) is 0.333. The lowest BCUT2D eigenvalue weighted by Crippen LogP contribution is -2.47. The topological polar surface area (TPSA) is 79.4 Å². The average Bonchev–Trinajstić information content (AvgIpc) is 3.18. The van der Waals surface area contributed by atoms with E-state index in [1.165, 1.54) is 6.20 Å². The Balaban J connectivity index is 1.56. The zero-order valence-corrected chi connectivity index (χ0v) is 11.1. The average molecular weight is 283 g/mol. The largest absolute Gasteiger partial charge is 0.272 e. The summed E-state index contributed by atoms with van der Waals surface area (Å²) in [5.74, 6) is -1.42. The van der Waals surface area contributed by atoms with Gasteiger partial charge in [-0.3, -0.25) is 24.8 Å². The SMILES string of the molecule is O=C(NN1C(=O)[C@H]2[C@H](C1=O)[C@H]1C=C[C@H]2C1)c1cccnc1. The maximum Gasteiger partial charge on any atom is 0.271 e. The first-order valence-corrected chi connectivity index (χ1v) is 6.94. The highest BCUT2D eigenvalue weighted by Gasteiger charge is 2.59. The molecule has 2 aliphatic carbocycles. The van der Waals surface area contributed by atoms with E-state index in [0.717, 1.165) is 11.4 Å². The van der Waals surface area contributed by atoms with Crippen LogP contribution in [0.2, 0.25) is 0 Å². The molecule has 21 heavy (non-hydrogen) atoms. The first-order valence-electron chi connectivity index (χ1n) is 6.94. The molecule has 3 aliphatic rings. The second-order valence-corrected chi connectivity index (χ2v) is 5.69. The van der Waals surface area contributed by atoms with Gasteiger partial charge in [0.2, 0.25) is 0 Å². The van der Waals surface area contributed by atoms with Crippen LogP contribution in [0.4, 0.5) is 0 Å². The molecule has 4 atom stereocenters. The summed E-state index contributed by atoms with van der Waals surface area (Å²) in [7, 11) is 0. The van der Waals surface area contributed by atoms with E-state index >= 15 is 0 Å². The second-order valence-electron chi connectivity index (χ2n) is 5.69. The molecule has 1 saturated carbocycles. The molecule has 1 aliphatic heterocycles. The van der Waals surface area contributed by atoms with Gasteiger partial charge in [-0.25, -0.2) is 0 Å². The van der Waals surface area contributed by atoms with E-state index in [4.69, 9.17) is 0 Å². The Morgan fingerprint density at radius 1 is 1.19 bits per heavy atom. The van der Waals surface area contributed by atoms with Gasteiger partial charge in [-0.1, -0.05) is 12.2 Å². The third-order valence-electron chi connectivity index (χ3n) is 4.61. The lowest BCUT2D eigenvalue weighted by atomic mass is 9.85. The number of allylic oxidation sites excluding steroid dienone is 2. The van der Waals surface area contributed by atoms with E-state index in [1.807, 2.05) is 12.2 Å². The van der Waals surface area contributed by atoms with Crippen LogP contribution in [0.1, 0.15) is 16.8 Å². The first-order chi connectivity index (χ1) is 10.2. The quantitative estimate of drug-likeness (QED) is 0.634. The van der Waals surface area contributed by atoms with E-state index < -0.39 is 5.91 Å². The lowest BCUT2D eigenvalue weighted by Gasteiger charge is -2.17. The van der Waals surface area contributed by atoms with E-state index in [9.17, 15) is 14.4 Å². The number of pyridine rings is 1. The molecular formula is C15H13N3O3. The standard InChI is InChI=1S/C15H13N3O3/c19-13(10-2-1-5-16-7-10)17-18-14(20)11-8-3-4-9(6-8)12(11)15(18)21/h1-5,7-9,11-12H,6H2,(H,17,19)/t8-,9-,11+,12+/m0/s1. The second kappa shape index (κ2) is 4.25. The number of amides is 3. The smallest absolute Gasteiger partial charge is 0.271 e. The number of hydrogen-bond acceptors (Lipinski definition) is 4. The molecule has 2 bridgehead atoms. The maximum atomic E-state index is 12.4. The number of nitrogens with one attached hydrogen (secondary N) is 1. The number of hydrogen-bond donors (Lipinski definition) is 1. The Morgan fingerprint density at radius 2 is 1.86 bits per heavy atom. The normalized spacial score (nSPS) is 32.7. The molecule has 1 aromatic heterocycles. The van der Waals surface area contributed by atoms with Crippen molar-refractivity contribution in [1.82, 2.24) is 15.4 Å². The van der Waals surface area contributed by atoms with E-state index in [-0.39, 0.29) is 35.5 Å². The molecule has 6 nitrogen and oxygen atoms in total. The van der Waals surface area contributed by atoms with Gasteiger partial charge in [-0.2, -0.15) is 5.01 Å². The zero-order valence-electron chi connectivity index (χ0n) is 11.1. The summed E-state index contributed by atoms with van der Waals surface area (Å²) in [6, 6.07) is 3.21. The van der Waals surface area contributed by atoms with E-state index in [2.05, 4.69) is 10.4 Å². The fourth-order valence-corrected chi connectivity index (χ4v) is 3.68. The molecule has 106 valence electrons. The van der Waals surface area contributed by atoms with Crippen LogP contribution in [-0.2, 0) is 9.59 Å². The Bertz CT molecular complexity index is 640. The summed E-state index contributed by atoms with van der Waals surface area (Å²) in [5, 5.41) is 0.900. The zero-order chi connectivity index (χ0) is 14.6. The van der Waals surface area contributed by atoms with Gasteiger partial charge in [0.25, 0.3) is 17.7 Å². The molecule has 6 heteroatoms. The first kappa shape index (κ1) is 12.3. The minimum Gasteiger partial charge on any atom is -0.272 e. The summed E-state index contributed by atoms with van der Waals surface area (Å²) >= 11 is 0. The Hall–Kier alpha value is -2.50. The van der Waals surface area contributed by atoms with Crippen LogP contribution in [0.3, 0.4) is 0 Å². The molecule has 0 spiro atoms. The van der Waals surface area contributed by atoms with Gasteiger partial charge in [0.15, 0.2) is 0 Å². The van der Waals surface area contributed by atoms with E-state index in [0.29, 0.717) is 5.56 Å². The minimum absolute atomic E-state index is 0.136. The van der Waals surface area contributed by atoms with Crippen molar-refractivity contribution < 1.29 is 14.4 Å². The van der Waals surface area contributed by atoms with Crippen LogP contribution in [0.5, 0.6) is 0 Å². The molecule has 1 saturated heterocycles. The molecule has 0 radical (unpaired) electrons. The summed E-state index contributed by atoms with van der Waals surface area (Å²) in [4.78, 5) is 40.7. The summed E-state index contributed by atoms with van der Waals surface area (Å²) < 4.78 is 0. The van der Waals surface area contributed by atoms with Crippen molar-refractivity contribution in [2.24, 2.45) is 23.7 Å². The minimum atomic E-state index is -0.495. The van der Waals surface area contributed by atoms with Crippen molar-refractivity contribution in [2.45, 2.75) is 6.42 Å². The number of aromatic nitrogens is 1. The molecule has 2 heterocycles. The van der Waals surface area contributed by atoms with Crippen molar-refractivity contribution >= 4 is 17.7 Å². The van der Waals surface area contributed by atoms with Gasteiger partial charge in [0, 0.05) is 12.4 Å². The van der Waals surface area contributed by atoms with Gasteiger partial charge < -0.3 is 0 Å². The van der Waals surface area contributed by atoms with Crippen molar-refractivity contribution in [1.29, 1.82) is 0 Å². The van der Waals surface area contributed by atoms with Crippen molar-refractivity contribution in [3.8, 4) is 0 Å². The molecule has 0 unspecified atom stereocenters. The number of carbonyl (C=O) groups excluding carboxylic acids is 3. The third-order valence-corrected chi connectivity index (χ3v) is 4.61. The van der Waals surface area contributed by atoms with Gasteiger partial charge in [0.05, 0.1) is 17.4 Å². The van der Waals surface area contributed by atoms with Crippen LogP contribution in [0, 0.1) is 23.7 Å². The molecule has 4 rings (SSSR count). The molecule has 2 fully saturated rings. The van der Waals surface area contributed by atoms with Gasteiger partial charge in [-0.05, 0) is 30.4 Å². The predicted octanol–water partition coefficient (Wildman–Crippen LogP) is 0.533. The monoisotopic (exact) mass is 283 g/mol. The number of nitrogens with zero attached hydrogens (tertiary/aromatic N) is 2. The summed E-state index contributed by atoms with van der Waals surface area (Å²) in [6.45, 7) is 0. The number of carbonyl (C=O) groups is 3. The van der Waals surface area contributed by atoms with Gasteiger partial charge >= 0.3 is 0 Å². The highest BCUT2D eigenvalue weighted by atomic mass is 16.2. The molecular weight excluding hydrogens is 270 g/mol. The predicted molar refractivity (Wildman–Crippen MR) is 71.3 cm³/mol. The van der Waals surface area contributed by atoms with Gasteiger partial charge in [0.1, 0.15) is 0 Å². The molecule has 1 aromatic rings. The van der Waals surface area contributed by atoms with Crippen molar-refractivity contribution in [3.05, 3.63) is 42.2 Å². The van der Waals surface area contributed by atoms with Gasteiger partial charge in [-0.15, -0.1) is 0 Å². The highest BCUT2D eigenvalue weighted by Crippen LogP contribution is 2.52. The fourth-order valence-electron chi connectivity index (χ4n) is 3.68. The molecule has 0 aromatic carbocycles. The maximum absolute atomic E-state index is 12.4. The summed E-state index contributed by atoms with van der Waals surface area (Å²) in [6.07, 6.45) is 7.85. The number of rotatable bonds is 2. The Labute approximate surface area is 120 Å². The van der Waals surface area contributed by atoms with Crippen LogP contribution in [0.25, 0.3) is 0 Å². The van der Waals surface area contributed by atoms with Crippen molar-refractivity contribution in [3.63, 3.8) is 0 Å².